The van der Waals surface area contributed by atoms with Crippen molar-refractivity contribution in [2.24, 2.45) is 0 Å². The average Bonchev–Trinajstić information content (AvgIpc) is 2.49. The molecule has 0 radical (unpaired) electrons. The van der Waals surface area contributed by atoms with Crippen LogP contribution in [-0.4, -0.2) is 19.2 Å². The summed E-state index contributed by atoms with van der Waals surface area (Å²) < 4.78 is 7.39. The molecule has 21 heavy (non-hydrogen) atoms. The Morgan fingerprint density at radius 2 is 1.81 bits per heavy atom. The van der Waals surface area contributed by atoms with Crippen molar-refractivity contribution in [3.8, 4) is 0 Å². The molecule has 0 fully saturated rings. The van der Waals surface area contributed by atoms with Crippen LogP contribution >= 0.6 is 15.9 Å². The molecule has 1 aromatic carbocycles. The molecular formula is C18H30BrNO. The first-order valence-electron chi connectivity index (χ1n) is 8.29. The van der Waals surface area contributed by atoms with E-state index in [4.69, 9.17) is 4.74 Å². The highest BCUT2D eigenvalue weighted by Gasteiger charge is 2.15. The van der Waals surface area contributed by atoms with E-state index in [1.807, 2.05) is 0 Å². The van der Waals surface area contributed by atoms with E-state index in [0.29, 0.717) is 6.10 Å². The first-order chi connectivity index (χ1) is 10.2. The maximum atomic E-state index is 6.28. The van der Waals surface area contributed by atoms with Gasteiger partial charge in [0.2, 0.25) is 0 Å². The summed E-state index contributed by atoms with van der Waals surface area (Å²) in [5, 5.41) is 3.41. The monoisotopic (exact) mass is 355 g/mol. The number of nitrogens with one attached hydrogen (secondary N) is 1. The number of benzene rings is 1. The molecule has 0 aliphatic rings. The lowest BCUT2D eigenvalue weighted by molar-refractivity contribution is -0.00784. The van der Waals surface area contributed by atoms with Crippen LogP contribution in [0.25, 0.3) is 0 Å². The second kappa shape index (κ2) is 11.2. The Morgan fingerprint density at radius 1 is 1.10 bits per heavy atom. The topological polar surface area (TPSA) is 21.3 Å². The summed E-state index contributed by atoms with van der Waals surface area (Å²) in [6.07, 6.45) is 6.81. The van der Waals surface area contributed by atoms with Crippen molar-refractivity contribution in [1.29, 1.82) is 0 Å². The molecule has 0 heterocycles. The summed E-state index contributed by atoms with van der Waals surface area (Å²) >= 11 is 3.49. The van der Waals surface area contributed by atoms with Crippen molar-refractivity contribution in [2.75, 3.05) is 13.1 Å². The summed E-state index contributed by atoms with van der Waals surface area (Å²) in [5.74, 6) is 0. The van der Waals surface area contributed by atoms with Crippen LogP contribution in [0.15, 0.2) is 28.7 Å². The first-order valence-corrected chi connectivity index (χ1v) is 9.08. The van der Waals surface area contributed by atoms with E-state index in [9.17, 15) is 0 Å². The molecular weight excluding hydrogens is 326 g/mol. The predicted molar refractivity (Wildman–Crippen MR) is 94.7 cm³/mol. The van der Waals surface area contributed by atoms with E-state index in [1.54, 1.807) is 0 Å². The quantitative estimate of drug-likeness (QED) is 0.531. The molecule has 0 saturated heterocycles. The molecule has 120 valence electrons. The zero-order valence-corrected chi connectivity index (χ0v) is 15.3. The number of hydrogen-bond donors (Lipinski definition) is 1. The minimum atomic E-state index is 0.138. The summed E-state index contributed by atoms with van der Waals surface area (Å²) in [5.41, 5.74) is 1.25. The summed E-state index contributed by atoms with van der Waals surface area (Å²) in [7, 11) is 0. The van der Waals surface area contributed by atoms with Gasteiger partial charge in [0, 0.05) is 11.0 Å². The number of hydrogen-bond acceptors (Lipinski definition) is 2. The lowest BCUT2D eigenvalue weighted by Crippen LogP contribution is -2.25. The number of unbranched alkanes of at least 4 members (excludes halogenated alkanes) is 3. The maximum absolute atomic E-state index is 6.28. The van der Waals surface area contributed by atoms with E-state index < -0.39 is 0 Å². The predicted octanol–water partition coefficient (Wildman–Crippen LogP) is 5.48. The van der Waals surface area contributed by atoms with Gasteiger partial charge in [0.25, 0.3) is 0 Å². The third kappa shape index (κ3) is 7.98. The van der Waals surface area contributed by atoms with E-state index >= 15 is 0 Å². The van der Waals surface area contributed by atoms with Gasteiger partial charge in [-0.1, -0.05) is 67.6 Å². The molecule has 0 spiro atoms. The summed E-state index contributed by atoms with van der Waals surface area (Å²) in [4.78, 5) is 0. The zero-order chi connectivity index (χ0) is 15.5. The van der Waals surface area contributed by atoms with Gasteiger partial charge in [-0.25, -0.2) is 0 Å². The Morgan fingerprint density at radius 3 is 2.43 bits per heavy atom. The third-order valence-electron chi connectivity index (χ3n) is 3.68. The van der Waals surface area contributed by atoms with Gasteiger partial charge in [0.1, 0.15) is 0 Å². The molecule has 0 bridgehead atoms. The van der Waals surface area contributed by atoms with Crippen LogP contribution in [0.3, 0.4) is 0 Å². The second-order valence-corrected chi connectivity index (χ2v) is 6.56. The molecule has 0 aliphatic heterocycles. The first kappa shape index (κ1) is 18.7. The fourth-order valence-electron chi connectivity index (χ4n) is 2.40. The van der Waals surface area contributed by atoms with Gasteiger partial charge < -0.3 is 10.1 Å². The third-order valence-corrected chi connectivity index (χ3v) is 4.21. The molecule has 0 aromatic heterocycles. The van der Waals surface area contributed by atoms with Crippen molar-refractivity contribution in [2.45, 2.75) is 65.1 Å². The summed E-state index contributed by atoms with van der Waals surface area (Å²) in [6.45, 7) is 8.43. The minimum Gasteiger partial charge on any atom is -0.369 e. The standard InChI is InChI=1S/C18H30BrNO/c1-4-6-7-8-9-15(3)21-18(14-20-5-2)16-10-12-17(19)13-11-16/h10-13,15,18,20H,4-9,14H2,1-3H3. The highest BCUT2D eigenvalue weighted by atomic mass is 79.9. The molecule has 0 aliphatic carbocycles. The molecule has 1 N–H and O–H groups in total. The molecule has 2 nitrogen and oxygen atoms in total. The zero-order valence-electron chi connectivity index (χ0n) is 13.7. The molecule has 1 aromatic rings. The molecule has 3 heteroatoms. The average molecular weight is 356 g/mol. The largest absolute Gasteiger partial charge is 0.369 e. The minimum absolute atomic E-state index is 0.138. The van der Waals surface area contributed by atoms with Gasteiger partial charge in [0.15, 0.2) is 0 Å². The molecule has 2 unspecified atom stereocenters. The Balaban J connectivity index is 2.50. The lowest BCUT2D eigenvalue weighted by atomic mass is 10.1. The highest BCUT2D eigenvalue weighted by molar-refractivity contribution is 9.10. The van der Waals surface area contributed by atoms with Gasteiger partial charge in [0.05, 0.1) is 12.2 Å². The van der Waals surface area contributed by atoms with Crippen LogP contribution in [0.2, 0.25) is 0 Å². The molecule has 0 saturated carbocycles. The van der Waals surface area contributed by atoms with E-state index in [2.05, 4.69) is 66.3 Å². The van der Waals surface area contributed by atoms with E-state index in [0.717, 1.165) is 24.0 Å². The van der Waals surface area contributed by atoms with Gasteiger partial charge in [-0.15, -0.1) is 0 Å². The molecule has 0 amide bonds. The smallest absolute Gasteiger partial charge is 0.0952 e. The van der Waals surface area contributed by atoms with E-state index in [1.165, 1.54) is 31.2 Å². The fraction of sp³-hybridized carbons (Fsp3) is 0.667. The number of halogens is 1. The number of likely N-dealkylation sites (N-methyl/N-ethyl adjacent to an activating group) is 1. The maximum Gasteiger partial charge on any atom is 0.0952 e. The van der Waals surface area contributed by atoms with Crippen molar-refractivity contribution in [1.82, 2.24) is 5.32 Å². The van der Waals surface area contributed by atoms with Gasteiger partial charge in [-0.3, -0.25) is 0 Å². The van der Waals surface area contributed by atoms with Gasteiger partial charge in [-0.2, -0.15) is 0 Å². The van der Waals surface area contributed by atoms with Gasteiger partial charge >= 0.3 is 0 Å². The summed E-state index contributed by atoms with van der Waals surface area (Å²) in [6, 6.07) is 8.47. The Bertz CT molecular complexity index is 366. The van der Waals surface area contributed by atoms with Crippen LogP contribution in [0.4, 0.5) is 0 Å². The van der Waals surface area contributed by atoms with Crippen molar-refractivity contribution in [3.63, 3.8) is 0 Å². The molecule has 2 atom stereocenters. The Labute approximate surface area is 138 Å². The second-order valence-electron chi connectivity index (χ2n) is 5.64. The van der Waals surface area contributed by atoms with Crippen LogP contribution in [0.1, 0.15) is 64.5 Å². The SMILES string of the molecule is CCCCCCC(C)OC(CNCC)c1ccc(Br)cc1. The number of rotatable bonds is 11. The fourth-order valence-corrected chi connectivity index (χ4v) is 2.67. The Kier molecular flexibility index (Phi) is 9.98. The Hall–Kier alpha value is -0.380. The van der Waals surface area contributed by atoms with Crippen molar-refractivity contribution < 1.29 is 4.74 Å². The molecule has 1 rings (SSSR count). The van der Waals surface area contributed by atoms with Crippen LogP contribution in [0.5, 0.6) is 0 Å². The van der Waals surface area contributed by atoms with Crippen molar-refractivity contribution >= 4 is 15.9 Å². The van der Waals surface area contributed by atoms with E-state index in [-0.39, 0.29) is 6.10 Å². The highest BCUT2D eigenvalue weighted by Crippen LogP contribution is 2.22. The van der Waals surface area contributed by atoms with Crippen LogP contribution < -0.4 is 5.32 Å². The lowest BCUT2D eigenvalue weighted by Gasteiger charge is -2.23. The normalized spacial score (nSPS) is 14.1. The van der Waals surface area contributed by atoms with Gasteiger partial charge in [-0.05, 0) is 37.6 Å². The number of ether oxygens (including phenoxy) is 1. The van der Waals surface area contributed by atoms with Crippen molar-refractivity contribution in [3.05, 3.63) is 34.3 Å². The van der Waals surface area contributed by atoms with Crippen LogP contribution in [0, 0.1) is 0 Å². The van der Waals surface area contributed by atoms with Crippen LogP contribution in [-0.2, 0) is 4.74 Å².